The molecule has 6 heteroatoms. The molecule has 96 valence electrons. The zero-order valence-corrected chi connectivity index (χ0v) is 10.9. The molecule has 1 aromatic carbocycles. The first kappa shape index (κ1) is 14.1. The molecule has 1 aromatic rings. The monoisotopic (exact) mass is 269 g/mol. The second kappa shape index (κ2) is 6.12. The van der Waals surface area contributed by atoms with Gasteiger partial charge in [0.15, 0.2) is 17.6 Å². The number of carbonyl (C=O) groups is 1. The lowest BCUT2D eigenvalue weighted by atomic mass is 10.2. The van der Waals surface area contributed by atoms with Gasteiger partial charge in [-0.2, -0.15) is 5.26 Å². The van der Waals surface area contributed by atoms with Gasteiger partial charge in [0.1, 0.15) is 0 Å². The minimum atomic E-state index is -0.825. The molecule has 0 aliphatic carbocycles. The van der Waals surface area contributed by atoms with Crippen LogP contribution in [0.25, 0.3) is 0 Å². The van der Waals surface area contributed by atoms with Crippen molar-refractivity contribution in [3.63, 3.8) is 0 Å². The van der Waals surface area contributed by atoms with Crippen LogP contribution in [0.5, 0.6) is 11.5 Å². The van der Waals surface area contributed by atoms with E-state index in [4.69, 9.17) is 26.3 Å². The van der Waals surface area contributed by atoms with Crippen LogP contribution >= 0.6 is 11.6 Å². The Morgan fingerprint density at radius 3 is 2.61 bits per heavy atom. The normalized spacial score (nSPS) is 11.3. The highest BCUT2D eigenvalue weighted by Crippen LogP contribution is 2.36. The number of hydrogen-bond acceptors (Lipinski definition) is 5. The molecule has 0 fully saturated rings. The zero-order valence-electron chi connectivity index (χ0n) is 10.2. The van der Waals surface area contributed by atoms with E-state index in [0.717, 1.165) is 0 Å². The van der Waals surface area contributed by atoms with Crippen LogP contribution in [-0.4, -0.2) is 26.3 Å². The van der Waals surface area contributed by atoms with Crippen molar-refractivity contribution in [1.82, 2.24) is 0 Å². The Kier molecular flexibility index (Phi) is 4.81. The molecule has 0 aliphatic rings. The van der Waals surface area contributed by atoms with E-state index in [1.54, 1.807) is 0 Å². The molecule has 0 bridgehead atoms. The Morgan fingerprint density at radius 2 is 2.11 bits per heavy atom. The van der Waals surface area contributed by atoms with Crippen molar-refractivity contribution in [2.24, 2.45) is 0 Å². The van der Waals surface area contributed by atoms with Gasteiger partial charge in [-0.1, -0.05) is 11.6 Å². The van der Waals surface area contributed by atoms with Crippen molar-refractivity contribution in [3.8, 4) is 17.6 Å². The smallest absolute Gasteiger partial charge is 0.346 e. The molecular weight excluding hydrogens is 258 g/mol. The average Bonchev–Trinajstić information content (AvgIpc) is 2.39. The zero-order chi connectivity index (χ0) is 13.7. The molecule has 1 atom stereocenters. The molecule has 1 unspecified atom stereocenters. The maximum absolute atomic E-state index is 11.3. The van der Waals surface area contributed by atoms with Gasteiger partial charge in [-0.3, -0.25) is 0 Å². The number of ether oxygens (including phenoxy) is 3. The van der Waals surface area contributed by atoms with E-state index in [1.165, 1.54) is 33.3 Å². The summed E-state index contributed by atoms with van der Waals surface area (Å²) in [7, 11) is 2.68. The third-order valence-corrected chi connectivity index (χ3v) is 2.47. The maximum atomic E-state index is 11.3. The number of carbonyl (C=O) groups excluding carboxylic acids is 1. The first-order chi connectivity index (χ1) is 8.53. The summed E-state index contributed by atoms with van der Waals surface area (Å²) in [6.07, 6.45) is -0.825. The van der Waals surface area contributed by atoms with Crippen LogP contribution in [0.2, 0.25) is 5.02 Å². The van der Waals surface area contributed by atoms with Crippen molar-refractivity contribution < 1.29 is 19.0 Å². The highest BCUT2D eigenvalue weighted by molar-refractivity contribution is 6.32. The summed E-state index contributed by atoms with van der Waals surface area (Å²) < 4.78 is 15.0. The number of methoxy groups -OCH3 is 2. The molecule has 0 saturated heterocycles. The van der Waals surface area contributed by atoms with Crippen molar-refractivity contribution in [3.05, 3.63) is 22.7 Å². The lowest BCUT2D eigenvalue weighted by molar-refractivity contribution is -0.147. The molecule has 0 aromatic heterocycles. The predicted octanol–water partition coefficient (Wildman–Crippen LogP) is 2.16. The van der Waals surface area contributed by atoms with E-state index < -0.39 is 12.1 Å². The molecule has 0 saturated carbocycles. The Morgan fingerprint density at radius 1 is 1.44 bits per heavy atom. The quantitative estimate of drug-likeness (QED) is 0.784. The predicted molar refractivity (Wildman–Crippen MR) is 64.8 cm³/mol. The van der Waals surface area contributed by atoms with Crippen molar-refractivity contribution in [2.45, 2.75) is 13.0 Å². The summed E-state index contributed by atoms with van der Waals surface area (Å²) in [5.74, 6) is -0.0386. The minimum absolute atomic E-state index is 0.196. The Bertz CT molecular complexity index is 496. The molecule has 0 spiro atoms. The number of nitriles is 1. The van der Waals surface area contributed by atoms with Crippen LogP contribution in [0.3, 0.4) is 0 Å². The van der Waals surface area contributed by atoms with Gasteiger partial charge in [0, 0.05) is 6.07 Å². The van der Waals surface area contributed by atoms with Crippen molar-refractivity contribution in [2.75, 3.05) is 14.2 Å². The molecule has 18 heavy (non-hydrogen) atoms. The molecule has 1 rings (SSSR count). The van der Waals surface area contributed by atoms with Gasteiger partial charge in [-0.15, -0.1) is 0 Å². The lowest BCUT2D eigenvalue weighted by Crippen LogP contribution is -2.25. The maximum Gasteiger partial charge on any atom is 0.346 e. The SMILES string of the molecule is COC(=O)C(C)Oc1c(Cl)cc(C#N)cc1OC. The van der Waals surface area contributed by atoms with Gasteiger partial charge in [-0.05, 0) is 13.0 Å². The van der Waals surface area contributed by atoms with Gasteiger partial charge in [0.25, 0.3) is 0 Å². The lowest BCUT2D eigenvalue weighted by Gasteiger charge is -2.16. The van der Waals surface area contributed by atoms with Crippen LogP contribution in [-0.2, 0) is 9.53 Å². The Labute approximate surface area is 110 Å². The summed E-state index contributed by atoms with van der Waals surface area (Å²) >= 11 is 5.98. The molecule has 5 nitrogen and oxygen atoms in total. The third-order valence-electron chi connectivity index (χ3n) is 2.19. The Balaban J connectivity index is 3.09. The number of nitrogens with zero attached hydrogens (tertiary/aromatic N) is 1. The molecule has 0 N–H and O–H groups in total. The molecule has 0 amide bonds. The van der Waals surface area contributed by atoms with E-state index in [9.17, 15) is 4.79 Å². The van der Waals surface area contributed by atoms with Crippen LogP contribution in [0, 0.1) is 11.3 Å². The fourth-order valence-electron chi connectivity index (χ4n) is 1.29. The van der Waals surface area contributed by atoms with Gasteiger partial charge in [0.05, 0.1) is 30.9 Å². The average molecular weight is 270 g/mol. The molecule has 0 heterocycles. The first-order valence-corrected chi connectivity index (χ1v) is 5.43. The highest BCUT2D eigenvalue weighted by atomic mass is 35.5. The minimum Gasteiger partial charge on any atom is -0.493 e. The largest absolute Gasteiger partial charge is 0.493 e. The number of esters is 1. The van der Waals surface area contributed by atoms with E-state index in [1.807, 2.05) is 6.07 Å². The van der Waals surface area contributed by atoms with E-state index in [0.29, 0.717) is 5.56 Å². The van der Waals surface area contributed by atoms with Crippen LogP contribution < -0.4 is 9.47 Å². The number of halogens is 1. The summed E-state index contributed by atoms with van der Waals surface area (Å²) in [5.41, 5.74) is 0.343. The second-order valence-corrected chi connectivity index (χ2v) is 3.79. The van der Waals surface area contributed by atoms with Crippen molar-refractivity contribution >= 4 is 17.6 Å². The van der Waals surface area contributed by atoms with E-state index in [2.05, 4.69) is 4.74 Å². The van der Waals surface area contributed by atoms with Gasteiger partial charge in [0.2, 0.25) is 0 Å². The fourth-order valence-corrected chi connectivity index (χ4v) is 1.54. The molecule has 0 aliphatic heterocycles. The molecule has 0 radical (unpaired) electrons. The third kappa shape index (κ3) is 3.05. The Hall–Kier alpha value is -1.93. The molecular formula is C12H12ClNO4. The van der Waals surface area contributed by atoms with E-state index >= 15 is 0 Å². The summed E-state index contributed by atoms with van der Waals surface area (Å²) in [4.78, 5) is 11.3. The summed E-state index contributed by atoms with van der Waals surface area (Å²) in [6.45, 7) is 1.53. The summed E-state index contributed by atoms with van der Waals surface area (Å²) in [5, 5.41) is 9.00. The number of benzene rings is 1. The van der Waals surface area contributed by atoms with Gasteiger partial charge >= 0.3 is 5.97 Å². The van der Waals surface area contributed by atoms with Crippen LogP contribution in [0.15, 0.2) is 12.1 Å². The summed E-state index contributed by atoms with van der Waals surface area (Å²) in [6, 6.07) is 4.86. The topological polar surface area (TPSA) is 68.5 Å². The van der Waals surface area contributed by atoms with E-state index in [-0.39, 0.29) is 16.5 Å². The second-order valence-electron chi connectivity index (χ2n) is 3.38. The highest BCUT2D eigenvalue weighted by Gasteiger charge is 2.20. The van der Waals surface area contributed by atoms with Crippen LogP contribution in [0.4, 0.5) is 0 Å². The standard InChI is InChI=1S/C12H12ClNO4/c1-7(12(15)17-3)18-11-9(13)4-8(6-14)5-10(11)16-2/h4-5,7H,1-3H3. The first-order valence-electron chi connectivity index (χ1n) is 5.05. The van der Waals surface area contributed by atoms with Gasteiger partial charge in [-0.25, -0.2) is 4.79 Å². The fraction of sp³-hybridized carbons (Fsp3) is 0.333. The van der Waals surface area contributed by atoms with Crippen LogP contribution in [0.1, 0.15) is 12.5 Å². The number of rotatable bonds is 4. The van der Waals surface area contributed by atoms with Gasteiger partial charge < -0.3 is 14.2 Å². The number of hydrogen-bond donors (Lipinski definition) is 0. The van der Waals surface area contributed by atoms with Crippen molar-refractivity contribution in [1.29, 1.82) is 5.26 Å².